The summed E-state index contributed by atoms with van der Waals surface area (Å²) in [5, 5.41) is 2.89. The van der Waals surface area contributed by atoms with E-state index in [1.807, 2.05) is 45.0 Å². The Hall–Kier alpha value is -2.74. The zero-order valence-electron chi connectivity index (χ0n) is 18.1. The average molecular weight is 435 g/mol. The van der Waals surface area contributed by atoms with Crippen LogP contribution in [0.5, 0.6) is 11.5 Å². The molecule has 0 radical (unpaired) electrons. The summed E-state index contributed by atoms with van der Waals surface area (Å²) in [6.07, 6.45) is 1.10. The summed E-state index contributed by atoms with van der Waals surface area (Å²) in [6.45, 7) is 6.19. The maximum atomic E-state index is 12.5. The van der Waals surface area contributed by atoms with Gasteiger partial charge in [-0.05, 0) is 62.2 Å². The first-order chi connectivity index (χ1) is 14.1. The second-order valence-electron chi connectivity index (χ2n) is 7.27. The van der Waals surface area contributed by atoms with Gasteiger partial charge in [0, 0.05) is 13.6 Å². The third-order valence-corrected chi connectivity index (χ3v) is 5.61. The highest BCUT2D eigenvalue weighted by atomic mass is 32.2. The standard InChI is InChI=1S/C22H30N2O5S/c1-6-21(29-20-13-9-18(10-14-20)24(4)30(5,26)27)22(25)23-15-17-7-11-19(12-8-17)28-16(2)3/h7-14,16,21H,6,15H2,1-5H3,(H,23,25)/t21-/m1/s1. The summed E-state index contributed by atoms with van der Waals surface area (Å²) in [6, 6.07) is 14.2. The van der Waals surface area contributed by atoms with Gasteiger partial charge in [-0.3, -0.25) is 9.10 Å². The fourth-order valence-electron chi connectivity index (χ4n) is 2.67. The monoisotopic (exact) mass is 434 g/mol. The van der Waals surface area contributed by atoms with Gasteiger partial charge >= 0.3 is 0 Å². The fourth-order valence-corrected chi connectivity index (χ4v) is 3.18. The molecule has 0 saturated heterocycles. The van der Waals surface area contributed by atoms with Crippen molar-refractivity contribution in [3.05, 3.63) is 54.1 Å². The van der Waals surface area contributed by atoms with Crippen LogP contribution in [0, 0.1) is 0 Å². The Morgan fingerprint density at radius 1 is 1.00 bits per heavy atom. The van der Waals surface area contributed by atoms with E-state index < -0.39 is 16.1 Å². The summed E-state index contributed by atoms with van der Waals surface area (Å²) in [5.74, 6) is 1.08. The number of nitrogens with zero attached hydrogens (tertiary/aromatic N) is 1. The van der Waals surface area contributed by atoms with Crippen LogP contribution in [0.1, 0.15) is 32.8 Å². The molecule has 1 amide bonds. The highest BCUT2D eigenvalue weighted by Crippen LogP contribution is 2.21. The largest absolute Gasteiger partial charge is 0.491 e. The number of amides is 1. The molecule has 7 nitrogen and oxygen atoms in total. The lowest BCUT2D eigenvalue weighted by molar-refractivity contribution is -0.128. The van der Waals surface area contributed by atoms with Gasteiger partial charge in [0.15, 0.2) is 6.10 Å². The Kier molecular flexibility index (Phi) is 8.11. The predicted molar refractivity (Wildman–Crippen MR) is 118 cm³/mol. The van der Waals surface area contributed by atoms with E-state index in [1.54, 1.807) is 24.3 Å². The van der Waals surface area contributed by atoms with Crippen molar-refractivity contribution in [2.24, 2.45) is 0 Å². The minimum atomic E-state index is -3.33. The third-order valence-electron chi connectivity index (χ3n) is 4.40. The van der Waals surface area contributed by atoms with E-state index in [9.17, 15) is 13.2 Å². The zero-order chi connectivity index (χ0) is 22.3. The lowest BCUT2D eigenvalue weighted by atomic mass is 10.2. The van der Waals surface area contributed by atoms with E-state index in [0.29, 0.717) is 24.4 Å². The summed E-state index contributed by atoms with van der Waals surface area (Å²) < 4.78 is 35.8. The maximum absolute atomic E-state index is 12.5. The molecule has 0 heterocycles. The van der Waals surface area contributed by atoms with E-state index >= 15 is 0 Å². The topological polar surface area (TPSA) is 84.9 Å². The van der Waals surface area contributed by atoms with Crippen molar-refractivity contribution < 1.29 is 22.7 Å². The molecule has 0 saturated carbocycles. The van der Waals surface area contributed by atoms with Crippen LogP contribution < -0.4 is 19.1 Å². The number of ether oxygens (including phenoxy) is 2. The third kappa shape index (κ3) is 6.95. The van der Waals surface area contributed by atoms with Crippen LogP contribution in [0.15, 0.2) is 48.5 Å². The van der Waals surface area contributed by atoms with Crippen LogP contribution in [0.25, 0.3) is 0 Å². The van der Waals surface area contributed by atoms with Crippen LogP contribution >= 0.6 is 0 Å². The number of hydrogen-bond acceptors (Lipinski definition) is 5. The Bertz CT molecular complexity index is 925. The number of nitrogens with one attached hydrogen (secondary N) is 1. The van der Waals surface area contributed by atoms with Gasteiger partial charge in [-0.25, -0.2) is 8.42 Å². The summed E-state index contributed by atoms with van der Waals surface area (Å²) >= 11 is 0. The van der Waals surface area contributed by atoms with Gasteiger partial charge in [0.1, 0.15) is 11.5 Å². The van der Waals surface area contributed by atoms with Crippen LogP contribution in [0.4, 0.5) is 5.69 Å². The minimum absolute atomic E-state index is 0.110. The van der Waals surface area contributed by atoms with Crippen molar-refractivity contribution in [2.45, 2.75) is 45.9 Å². The normalized spacial score (nSPS) is 12.3. The van der Waals surface area contributed by atoms with Crippen molar-refractivity contribution in [1.82, 2.24) is 5.32 Å². The highest BCUT2D eigenvalue weighted by molar-refractivity contribution is 7.92. The fraction of sp³-hybridized carbons (Fsp3) is 0.409. The summed E-state index contributed by atoms with van der Waals surface area (Å²) in [7, 11) is -1.85. The van der Waals surface area contributed by atoms with Crippen LogP contribution in [0.3, 0.4) is 0 Å². The SMILES string of the molecule is CC[C@@H](Oc1ccc(N(C)S(C)(=O)=O)cc1)C(=O)NCc1ccc(OC(C)C)cc1. The van der Waals surface area contributed by atoms with E-state index in [4.69, 9.17) is 9.47 Å². The Labute approximate surface area is 179 Å². The molecule has 2 aromatic rings. The number of hydrogen-bond donors (Lipinski definition) is 1. The van der Waals surface area contributed by atoms with Crippen LogP contribution in [-0.4, -0.2) is 39.8 Å². The molecule has 2 aromatic carbocycles. The molecule has 0 aliphatic rings. The molecule has 164 valence electrons. The molecular formula is C22H30N2O5S. The lowest BCUT2D eigenvalue weighted by Gasteiger charge is -2.19. The minimum Gasteiger partial charge on any atom is -0.491 e. The van der Waals surface area contributed by atoms with Gasteiger partial charge in [-0.1, -0.05) is 19.1 Å². The maximum Gasteiger partial charge on any atom is 0.261 e. The molecule has 1 atom stereocenters. The van der Waals surface area contributed by atoms with Gasteiger partial charge in [0.25, 0.3) is 5.91 Å². The molecule has 0 bridgehead atoms. The van der Waals surface area contributed by atoms with Gasteiger partial charge in [-0.2, -0.15) is 0 Å². The quantitative estimate of drug-likeness (QED) is 0.620. The molecule has 0 unspecified atom stereocenters. The lowest BCUT2D eigenvalue weighted by Crippen LogP contribution is -2.37. The molecule has 8 heteroatoms. The molecule has 0 fully saturated rings. The van der Waals surface area contributed by atoms with Gasteiger partial charge in [0.2, 0.25) is 10.0 Å². The molecule has 0 spiro atoms. The Balaban J connectivity index is 1.93. The number of anilines is 1. The van der Waals surface area contributed by atoms with E-state index in [2.05, 4.69) is 5.32 Å². The first-order valence-corrected chi connectivity index (χ1v) is 11.7. The molecule has 2 rings (SSSR count). The van der Waals surface area contributed by atoms with Crippen molar-refractivity contribution in [3.63, 3.8) is 0 Å². The average Bonchev–Trinajstić information content (AvgIpc) is 2.70. The zero-order valence-corrected chi connectivity index (χ0v) is 18.9. The van der Waals surface area contributed by atoms with Crippen LogP contribution in [-0.2, 0) is 21.4 Å². The molecule has 0 aliphatic carbocycles. The predicted octanol–water partition coefficient (Wildman–Crippen LogP) is 3.34. The summed E-state index contributed by atoms with van der Waals surface area (Å²) in [5.41, 5.74) is 1.48. The van der Waals surface area contributed by atoms with Crippen molar-refractivity contribution in [1.29, 1.82) is 0 Å². The van der Waals surface area contributed by atoms with Crippen LogP contribution in [0.2, 0.25) is 0 Å². The Morgan fingerprint density at radius 3 is 2.03 bits per heavy atom. The van der Waals surface area contributed by atoms with Crippen molar-refractivity contribution in [3.8, 4) is 11.5 Å². The molecule has 0 aromatic heterocycles. The number of carbonyl (C=O) groups excluding carboxylic acids is 1. The second kappa shape index (κ2) is 10.3. The van der Waals surface area contributed by atoms with E-state index in [1.165, 1.54) is 11.4 Å². The second-order valence-corrected chi connectivity index (χ2v) is 9.28. The summed E-state index contributed by atoms with van der Waals surface area (Å²) in [4.78, 5) is 12.5. The molecule has 30 heavy (non-hydrogen) atoms. The first-order valence-electron chi connectivity index (χ1n) is 9.84. The van der Waals surface area contributed by atoms with E-state index in [-0.39, 0.29) is 12.0 Å². The first kappa shape index (κ1) is 23.5. The van der Waals surface area contributed by atoms with Gasteiger partial charge < -0.3 is 14.8 Å². The molecule has 1 N–H and O–H groups in total. The van der Waals surface area contributed by atoms with Gasteiger partial charge in [-0.15, -0.1) is 0 Å². The Morgan fingerprint density at radius 2 is 1.53 bits per heavy atom. The highest BCUT2D eigenvalue weighted by Gasteiger charge is 2.19. The number of rotatable bonds is 10. The number of benzene rings is 2. The molecule has 0 aliphatic heterocycles. The van der Waals surface area contributed by atoms with Crippen molar-refractivity contribution >= 4 is 21.6 Å². The number of carbonyl (C=O) groups is 1. The van der Waals surface area contributed by atoms with Gasteiger partial charge in [0.05, 0.1) is 18.0 Å². The molecular weight excluding hydrogens is 404 g/mol. The van der Waals surface area contributed by atoms with E-state index in [0.717, 1.165) is 17.6 Å². The number of sulfonamides is 1. The van der Waals surface area contributed by atoms with Crippen molar-refractivity contribution in [2.75, 3.05) is 17.6 Å². The smallest absolute Gasteiger partial charge is 0.261 e.